The van der Waals surface area contributed by atoms with E-state index in [4.69, 9.17) is 0 Å². The zero-order valence-corrected chi connectivity index (χ0v) is 17.8. The van der Waals surface area contributed by atoms with Crippen LogP contribution in [0.1, 0.15) is 38.3 Å². The number of nitrogens with zero attached hydrogens (tertiary/aromatic N) is 1. The Hall–Kier alpha value is -1.55. The average molecular weight is 532 g/mol. The number of nitrogens with one attached hydrogen (secondary N) is 1. The van der Waals surface area contributed by atoms with Gasteiger partial charge in [-0.05, 0) is 38.3 Å². The fraction of sp³-hybridized carbons (Fsp3) is 0.364. The summed E-state index contributed by atoms with van der Waals surface area (Å²) in [4.78, 5) is 14.7. The van der Waals surface area contributed by atoms with Gasteiger partial charge in [0.1, 0.15) is 0 Å². The first-order valence-corrected chi connectivity index (χ1v) is 8.85. The van der Waals surface area contributed by atoms with Crippen molar-refractivity contribution in [2.24, 2.45) is 0 Å². The molecular formula is C22H27AuN2O. The Labute approximate surface area is 172 Å². The van der Waals surface area contributed by atoms with Crippen LogP contribution in [0.2, 0.25) is 0 Å². The van der Waals surface area contributed by atoms with Crippen LogP contribution in [0.15, 0.2) is 60.7 Å². The van der Waals surface area contributed by atoms with Crippen LogP contribution < -0.4 is 5.32 Å². The largest absolute Gasteiger partial charge is 1.00 e. The fourth-order valence-corrected chi connectivity index (χ4v) is 3.73. The van der Waals surface area contributed by atoms with Crippen LogP contribution in [0.5, 0.6) is 0 Å². The standard InChI is InChI=1S/C22H27N2O.Au/c1-17-15-22(18-11-7-5-8-12-18,19-13-9-6-10-14-19)16-24(17)20(25)23-21(2,3)4;/h5-14,17H,1,15-16H2,2-4H3,(H,23,25);/q-1;+1. The molecule has 1 atom stereocenters. The van der Waals surface area contributed by atoms with Crippen molar-refractivity contribution in [1.82, 2.24) is 10.2 Å². The van der Waals surface area contributed by atoms with E-state index in [-0.39, 0.29) is 45.4 Å². The molecule has 0 spiro atoms. The second-order valence-electron chi connectivity index (χ2n) is 7.98. The maximum Gasteiger partial charge on any atom is 1.00 e. The number of likely N-dealkylation sites (tertiary alicyclic amines) is 1. The minimum atomic E-state index is -0.262. The summed E-state index contributed by atoms with van der Waals surface area (Å²) in [5.41, 5.74) is 1.99. The Bertz CT molecular complexity index is 685. The molecule has 0 radical (unpaired) electrons. The number of urea groups is 1. The number of amides is 2. The molecule has 26 heavy (non-hydrogen) atoms. The van der Waals surface area contributed by atoms with Gasteiger partial charge in [-0.3, -0.25) is 0 Å². The molecule has 4 heteroatoms. The molecule has 1 N–H and O–H groups in total. The molecule has 1 aliphatic heterocycles. The third-order valence-electron chi connectivity index (χ3n) is 4.86. The fourth-order valence-electron chi connectivity index (χ4n) is 3.73. The van der Waals surface area contributed by atoms with Gasteiger partial charge in [0, 0.05) is 17.5 Å². The predicted molar refractivity (Wildman–Crippen MR) is 102 cm³/mol. The first kappa shape index (κ1) is 20.8. The van der Waals surface area contributed by atoms with Gasteiger partial charge in [0.05, 0.1) is 0 Å². The summed E-state index contributed by atoms with van der Waals surface area (Å²) in [6.07, 6.45) is 0.818. The number of hydrogen-bond acceptors (Lipinski definition) is 1. The second kappa shape index (κ2) is 7.99. The molecule has 1 heterocycles. The van der Waals surface area contributed by atoms with Gasteiger partial charge in [0.25, 0.3) is 0 Å². The van der Waals surface area contributed by atoms with Crippen LogP contribution in [-0.4, -0.2) is 29.1 Å². The molecular weight excluding hydrogens is 505 g/mol. The van der Waals surface area contributed by atoms with Crippen LogP contribution in [-0.2, 0) is 27.8 Å². The molecule has 2 aromatic rings. The quantitative estimate of drug-likeness (QED) is 0.452. The number of rotatable bonds is 2. The van der Waals surface area contributed by atoms with Crippen LogP contribution in [0.4, 0.5) is 4.79 Å². The third-order valence-corrected chi connectivity index (χ3v) is 4.86. The molecule has 1 saturated heterocycles. The monoisotopic (exact) mass is 532 g/mol. The SMILES string of the molecule is [Au+].[CH2-]C1CC(c2ccccc2)(c2ccccc2)CN1C(=O)NC(C)(C)C. The van der Waals surface area contributed by atoms with E-state index in [0.29, 0.717) is 6.54 Å². The summed E-state index contributed by atoms with van der Waals surface area (Å²) in [6.45, 7) is 10.9. The van der Waals surface area contributed by atoms with Gasteiger partial charge >= 0.3 is 28.4 Å². The topological polar surface area (TPSA) is 32.3 Å². The smallest absolute Gasteiger partial charge is 0.351 e. The summed E-state index contributed by atoms with van der Waals surface area (Å²) in [5.74, 6) is 0. The van der Waals surface area contributed by atoms with Crippen LogP contribution in [0.25, 0.3) is 0 Å². The summed E-state index contributed by atoms with van der Waals surface area (Å²) in [5, 5.41) is 3.08. The van der Waals surface area contributed by atoms with Crippen LogP contribution in [0.3, 0.4) is 0 Å². The molecule has 3 rings (SSSR count). The second-order valence-corrected chi connectivity index (χ2v) is 7.98. The van der Waals surface area contributed by atoms with Crippen molar-refractivity contribution < 1.29 is 27.2 Å². The van der Waals surface area contributed by atoms with Crippen molar-refractivity contribution in [3.63, 3.8) is 0 Å². The summed E-state index contributed by atoms with van der Waals surface area (Å²) < 4.78 is 0. The third kappa shape index (κ3) is 4.22. The molecule has 3 nitrogen and oxygen atoms in total. The molecule has 0 bridgehead atoms. The van der Waals surface area contributed by atoms with Gasteiger partial charge in [0.15, 0.2) is 0 Å². The molecule has 0 aliphatic carbocycles. The minimum absolute atomic E-state index is 0. The summed E-state index contributed by atoms with van der Waals surface area (Å²) in [7, 11) is 0. The molecule has 1 unspecified atom stereocenters. The van der Waals surface area contributed by atoms with Crippen molar-refractivity contribution in [2.45, 2.75) is 44.2 Å². The van der Waals surface area contributed by atoms with Crippen molar-refractivity contribution in [3.8, 4) is 0 Å². The van der Waals surface area contributed by atoms with Crippen LogP contribution in [0, 0.1) is 6.92 Å². The molecule has 0 aromatic heterocycles. The van der Waals surface area contributed by atoms with Crippen LogP contribution >= 0.6 is 0 Å². The van der Waals surface area contributed by atoms with Gasteiger partial charge < -0.3 is 17.1 Å². The van der Waals surface area contributed by atoms with E-state index in [1.165, 1.54) is 11.1 Å². The van der Waals surface area contributed by atoms with Gasteiger partial charge in [-0.25, -0.2) is 4.79 Å². The molecule has 2 aromatic carbocycles. The Morgan fingerprint density at radius 3 is 1.92 bits per heavy atom. The first-order chi connectivity index (χ1) is 11.8. The number of carbonyl (C=O) groups excluding carboxylic acids is 1. The van der Waals surface area contributed by atoms with Gasteiger partial charge in [0.2, 0.25) is 0 Å². The molecule has 0 saturated carbocycles. The Kier molecular flexibility index (Phi) is 6.38. The molecule has 1 aliphatic rings. The zero-order chi connectivity index (χ0) is 18.1. The normalized spacial score (nSPS) is 18.9. The maximum absolute atomic E-state index is 12.8. The molecule has 142 valence electrons. The maximum atomic E-state index is 12.8. The predicted octanol–water partition coefficient (Wildman–Crippen LogP) is 4.39. The number of carbonyl (C=O) groups is 1. The van der Waals surface area contributed by atoms with E-state index < -0.39 is 0 Å². The van der Waals surface area contributed by atoms with Crippen molar-refractivity contribution >= 4 is 6.03 Å². The van der Waals surface area contributed by atoms with E-state index in [2.05, 4.69) is 60.8 Å². The Balaban J connectivity index is 0.00000243. The van der Waals surface area contributed by atoms with Crippen molar-refractivity contribution in [2.75, 3.05) is 6.54 Å². The molecule has 1 fully saturated rings. The summed E-state index contributed by atoms with van der Waals surface area (Å²) in [6, 6.07) is 20.8. The Morgan fingerprint density at radius 1 is 1.04 bits per heavy atom. The Morgan fingerprint density at radius 2 is 1.50 bits per heavy atom. The van der Waals surface area contributed by atoms with Crippen molar-refractivity contribution in [1.29, 1.82) is 0 Å². The van der Waals surface area contributed by atoms with E-state index >= 15 is 0 Å². The number of benzene rings is 2. The first-order valence-electron chi connectivity index (χ1n) is 8.85. The van der Waals surface area contributed by atoms with Gasteiger partial charge in [-0.15, -0.1) is 0 Å². The van der Waals surface area contributed by atoms with E-state index in [1.54, 1.807) is 0 Å². The van der Waals surface area contributed by atoms with E-state index in [0.717, 1.165) is 6.42 Å². The van der Waals surface area contributed by atoms with Crippen molar-refractivity contribution in [3.05, 3.63) is 78.7 Å². The van der Waals surface area contributed by atoms with E-state index in [1.807, 2.05) is 37.8 Å². The zero-order valence-electron chi connectivity index (χ0n) is 15.6. The summed E-state index contributed by atoms with van der Waals surface area (Å²) >= 11 is 0. The minimum Gasteiger partial charge on any atom is -0.351 e. The molecule has 2 amide bonds. The van der Waals surface area contributed by atoms with Gasteiger partial charge in [-0.2, -0.15) is 0 Å². The number of hydrogen-bond donors (Lipinski definition) is 1. The average Bonchev–Trinajstić information content (AvgIpc) is 2.94. The van der Waals surface area contributed by atoms with Gasteiger partial charge in [-0.1, -0.05) is 66.7 Å². The van der Waals surface area contributed by atoms with E-state index in [9.17, 15) is 4.79 Å².